The van der Waals surface area contributed by atoms with Gasteiger partial charge >= 0.3 is 0 Å². The van der Waals surface area contributed by atoms with Crippen molar-refractivity contribution in [2.75, 3.05) is 26.3 Å². The van der Waals surface area contributed by atoms with E-state index in [0.29, 0.717) is 44.9 Å². The number of ether oxygens (including phenoxy) is 2. The van der Waals surface area contributed by atoms with Crippen molar-refractivity contribution in [1.29, 1.82) is 0 Å². The second-order valence-corrected chi connectivity index (χ2v) is 5.96. The topological polar surface area (TPSA) is 51.7 Å². The van der Waals surface area contributed by atoms with E-state index in [0.717, 1.165) is 5.56 Å². The van der Waals surface area contributed by atoms with E-state index in [1.807, 2.05) is 17.0 Å². The van der Waals surface area contributed by atoms with Crippen molar-refractivity contribution < 1.29 is 18.7 Å². The summed E-state index contributed by atoms with van der Waals surface area (Å²) in [6.45, 7) is 1.93. The lowest BCUT2D eigenvalue weighted by atomic mass is 10.1. The third-order valence-corrected chi connectivity index (χ3v) is 4.09. The predicted octanol–water partition coefficient (Wildman–Crippen LogP) is 2.46. The van der Waals surface area contributed by atoms with E-state index in [9.17, 15) is 9.18 Å². The van der Waals surface area contributed by atoms with E-state index < -0.39 is 0 Å². The number of hydrogen-bond donors (Lipinski definition) is 0. The lowest BCUT2D eigenvalue weighted by molar-refractivity contribution is -0.139. The van der Waals surface area contributed by atoms with Gasteiger partial charge in [0.2, 0.25) is 5.91 Å². The fourth-order valence-electron chi connectivity index (χ4n) is 2.72. The summed E-state index contributed by atoms with van der Waals surface area (Å²) in [5.41, 5.74) is 1.06. The minimum Gasteiger partial charge on any atom is -0.491 e. The van der Waals surface area contributed by atoms with E-state index >= 15 is 0 Å². The lowest BCUT2D eigenvalue weighted by Crippen LogP contribution is -2.47. The Labute approximate surface area is 146 Å². The van der Waals surface area contributed by atoms with Gasteiger partial charge in [-0.15, -0.1) is 0 Å². The number of aromatic nitrogens is 1. The molecular weight excluding hydrogens is 323 g/mol. The molecule has 0 N–H and O–H groups in total. The minimum absolute atomic E-state index is 0.110. The molecule has 0 saturated carbocycles. The first-order chi connectivity index (χ1) is 12.2. The quantitative estimate of drug-likeness (QED) is 0.808. The molecule has 1 aliphatic rings. The molecule has 1 aliphatic heterocycles. The predicted molar refractivity (Wildman–Crippen MR) is 90.8 cm³/mol. The number of morpholine rings is 1. The molecule has 1 unspecified atom stereocenters. The Hall–Kier alpha value is -2.47. The van der Waals surface area contributed by atoms with Crippen LogP contribution >= 0.6 is 0 Å². The first-order valence-electron chi connectivity index (χ1n) is 8.37. The van der Waals surface area contributed by atoms with Crippen molar-refractivity contribution >= 4 is 5.91 Å². The zero-order chi connectivity index (χ0) is 17.5. The minimum atomic E-state index is -0.299. The van der Waals surface area contributed by atoms with Crippen LogP contribution in [-0.2, 0) is 16.0 Å². The maximum Gasteiger partial charge on any atom is 0.223 e. The molecule has 0 spiro atoms. The van der Waals surface area contributed by atoms with Crippen molar-refractivity contribution in [1.82, 2.24) is 9.88 Å². The Balaban J connectivity index is 1.45. The SMILES string of the molecule is O=C(CCc1cccnc1)N1CCOC(COc2ccc(F)cc2)C1. The summed E-state index contributed by atoms with van der Waals surface area (Å²) in [5.74, 6) is 0.399. The molecule has 1 fully saturated rings. The van der Waals surface area contributed by atoms with Crippen molar-refractivity contribution in [2.24, 2.45) is 0 Å². The summed E-state index contributed by atoms with van der Waals surface area (Å²) in [7, 11) is 0. The molecule has 2 heterocycles. The molecule has 6 heteroatoms. The highest BCUT2D eigenvalue weighted by Gasteiger charge is 2.24. The molecule has 25 heavy (non-hydrogen) atoms. The van der Waals surface area contributed by atoms with Crippen LogP contribution in [0, 0.1) is 5.82 Å². The second kappa shape index (κ2) is 8.58. The molecule has 3 rings (SSSR count). The van der Waals surface area contributed by atoms with Crippen LogP contribution in [0.5, 0.6) is 5.75 Å². The van der Waals surface area contributed by atoms with Gasteiger partial charge in [0.05, 0.1) is 13.2 Å². The van der Waals surface area contributed by atoms with Gasteiger partial charge in [0.1, 0.15) is 24.3 Å². The van der Waals surface area contributed by atoms with Crippen LogP contribution in [0.3, 0.4) is 0 Å². The maximum atomic E-state index is 12.9. The number of carbonyl (C=O) groups excluding carboxylic acids is 1. The third-order valence-electron chi connectivity index (χ3n) is 4.09. The summed E-state index contributed by atoms with van der Waals surface area (Å²) in [5, 5.41) is 0. The van der Waals surface area contributed by atoms with Crippen molar-refractivity contribution in [3.8, 4) is 5.75 Å². The van der Waals surface area contributed by atoms with Crippen LogP contribution in [0.15, 0.2) is 48.8 Å². The molecule has 1 aromatic heterocycles. The van der Waals surface area contributed by atoms with Crippen molar-refractivity contribution in [2.45, 2.75) is 18.9 Å². The van der Waals surface area contributed by atoms with E-state index in [1.54, 1.807) is 24.5 Å². The lowest BCUT2D eigenvalue weighted by Gasteiger charge is -2.33. The standard InChI is InChI=1S/C19H21FN2O3/c20-16-4-6-17(7-5-16)25-14-18-13-22(10-11-24-18)19(23)8-3-15-2-1-9-21-12-15/h1-2,4-7,9,12,18H,3,8,10-11,13-14H2. The Kier molecular flexibility index (Phi) is 5.95. The van der Waals surface area contributed by atoms with Crippen LogP contribution < -0.4 is 4.74 Å². The number of hydrogen-bond acceptors (Lipinski definition) is 4. The molecule has 2 aromatic rings. The average molecular weight is 344 g/mol. The Morgan fingerprint density at radius 1 is 1.32 bits per heavy atom. The van der Waals surface area contributed by atoms with Gasteiger partial charge in [0, 0.05) is 25.4 Å². The summed E-state index contributed by atoms with van der Waals surface area (Å²) in [6.07, 6.45) is 4.46. The number of carbonyl (C=O) groups is 1. The van der Waals surface area contributed by atoms with Gasteiger partial charge in [-0.05, 0) is 42.3 Å². The first-order valence-corrected chi connectivity index (χ1v) is 8.37. The first kappa shape index (κ1) is 17.4. The van der Waals surface area contributed by atoms with Gasteiger partial charge in [-0.3, -0.25) is 9.78 Å². The van der Waals surface area contributed by atoms with Gasteiger partial charge in [-0.1, -0.05) is 6.07 Å². The second-order valence-electron chi connectivity index (χ2n) is 5.96. The number of pyridine rings is 1. The van der Waals surface area contributed by atoms with Gasteiger partial charge < -0.3 is 14.4 Å². The zero-order valence-corrected chi connectivity index (χ0v) is 13.9. The van der Waals surface area contributed by atoms with Crippen molar-refractivity contribution in [3.63, 3.8) is 0 Å². The van der Waals surface area contributed by atoms with Crippen LogP contribution in [0.25, 0.3) is 0 Å². The average Bonchev–Trinajstić information content (AvgIpc) is 2.67. The Morgan fingerprint density at radius 3 is 2.92 bits per heavy atom. The summed E-state index contributed by atoms with van der Waals surface area (Å²) in [4.78, 5) is 18.3. The molecule has 1 saturated heterocycles. The molecule has 0 bridgehead atoms. The van der Waals surface area contributed by atoms with Crippen LogP contribution in [0.1, 0.15) is 12.0 Å². The summed E-state index contributed by atoms with van der Waals surface area (Å²) < 4.78 is 24.2. The van der Waals surface area contributed by atoms with E-state index in [-0.39, 0.29) is 17.8 Å². The number of rotatable bonds is 6. The number of aryl methyl sites for hydroxylation is 1. The summed E-state index contributed by atoms with van der Waals surface area (Å²) in [6, 6.07) is 9.71. The Morgan fingerprint density at radius 2 is 2.16 bits per heavy atom. The van der Waals surface area contributed by atoms with Gasteiger partial charge in [0.25, 0.3) is 0 Å². The summed E-state index contributed by atoms with van der Waals surface area (Å²) >= 11 is 0. The fraction of sp³-hybridized carbons (Fsp3) is 0.368. The fourth-order valence-corrected chi connectivity index (χ4v) is 2.72. The number of benzene rings is 1. The largest absolute Gasteiger partial charge is 0.491 e. The maximum absolute atomic E-state index is 12.9. The smallest absolute Gasteiger partial charge is 0.223 e. The number of halogens is 1. The highest BCUT2D eigenvalue weighted by Crippen LogP contribution is 2.14. The normalized spacial score (nSPS) is 17.3. The zero-order valence-electron chi connectivity index (χ0n) is 13.9. The van der Waals surface area contributed by atoms with Gasteiger partial charge in [-0.2, -0.15) is 0 Å². The van der Waals surface area contributed by atoms with Crippen LogP contribution in [-0.4, -0.2) is 48.2 Å². The molecule has 0 radical (unpaired) electrons. The molecule has 1 atom stereocenters. The van der Waals surface area contributed by atoms with Gasteiger partial charge in [-0.25, -0.2) is 4.39 Å². The number of nitrogens with zero attached hydrogens (tertiary/aromatic N) is 2. The van der Waals surface area contributed by atoms with E-state index in [4.69, 9.17) is 9.47 Å². The number of amides is 1. The van der Waals surface area contributed by atoms with E-state index in [1.165, 1.54) is 12.1 Å². The molecular formula is C19H21FN2O3. The Bertz CT molecular complexity index is 679. The molecule has 132 valence electrons. The van der Waals surface area contributed by atoms with Gasteiger partial charge in [0.15, 0.2) is 0 Å². The molecule has 5 nitrogen and oxygen atoms in total. The molecule has 1 amide bonds. The molecule has 0 aliphatic carbocycles. The van der Waals surface area contributed by atoms with Crippen LogP contribution in [0.4, 0.5) is 4.39 Å². The van der Waals surface area contributed by atoms with Crippen molar-refractivity contribution in [3.05, 3.63) is 60.2 Å². The monoisotopic (exact) mass is 344 g/mol. The van der Waals surface area contributed by atoms with E-state index in [2.05, 4.69) is 4.98 Å². The highest BCUT2D eigenvalue weighted by molar-refractivity contribution is 5.76. The molecule has 1 aromatic carbocycles. The third kappa shape index (κ3) is 5.26. The van der Waals surface area contributed by atoms with Crippen LogP contribution in [0.2, 0.25) is 0 Å². The highest BCUT2D eigenvalue weighted by atomic mass is 19.1.